The lowest BCUT2D eigenvalue weighted by molar-refractivity contribution is -0.143. The molecule has 15 nitrogen and oxygen atoms in total. The van der Waals surface area contributed by atoms with Gasteiger partial charge in [0.25, 0.3) is 0 Å². The second-order valence-electron chi connectivity index (χ2n) is 8.20. The Kier molecular flexibility index (Phi) is 13.4. The molecular formula is C22H32N4O11. The summed E-state index contributed by atoms with van der Waals surface area (Å²) in [6.07, 6.45) is 0.341. The van der Waals surface area contributed by atoms with Gasteiger partial charge in [0.15, 0.2) is 11.5 Å². The normalized spacial score (nSPS) is 11.1. The van der Waals surface area contributed by atoms with E-state index < -0.39 is 56.0 Å². The zero-order chi connectivity index (χ0) is 28.0. The largest absolute Gasteiger partial charge is 0.504 e. The molecule has 37 heavy (non-hydrogen) atoms. The molecule has 0 fully saturated rings. The maximum absolute atomic E-state index is 12.3. The number of phenolic OH excluding ortho intramolecular Hbond substituents is 2. The minimum absolute atomic E-state index is 0.000552. The van der Waals surface area contributed by atoms with Crippen LogP contribution in [0.4, 0.5) is 0 Å². The van der Waals surface area contributed by atoms with E-state index in [1.807, 2.05) is 0 Å². The smallest absolute Gasteiger partial charge is 0.317 e. The molecule has 0 saturated heterocycles. The fourth-order valence-electron chi connectivity index (χ4n) is 3.36. The summed E-state index contributed by atoms with van der Waals surface area (Å²) in [5, 5.41) is 57.7. The minimum Gasteiger partial charge on any atom is -0.504 e. The van der Waals surface area contributed by atoms with Crippen molar-refractivity contribution in [2.45, 2.75) is 6.42 Å². The van der Waals surface area contributed by atoms with Crippen molar-refractivity contribution in [3.8, 4) is 11.5 Å². The predicted molar refractivity (Wildman–Crippen MR) is 126 cm³/mol. The summed E-state index contributed by atoms with van der Waals surface area (Å²) in [6.45, 7) is -2.21. The van der Waals surface area contributed by atoms with Gasteiger partial charge in [-0.25, -0.2) is 0 Å². The van der Waals surface area contributed by atoms with Gasteiger partial charge in [0.1, 0.15) is 0 Å². The number of hydrogen-bond acceptors (Lipinski definition) is 10. The molecule has 7 N–H and O–H groups in total. The highest BCUT2D eigenvalue weighted by Crippen LogP contribution is 2.24. The fraction of sp³-hybridized carbons (Fsp3) is 0.500. The Hall–Kier alpha value is -3.95. The van der Waals surface area contributed by atoms with Crippen LogP contribution in [0, 0.1) is 0 Å². The van der Waals surface area contributed by atoms with Crippen LogP contribution in [-0.4, -0.2) is 141 Å². The first-order valence-electron chi connectivity index (χ1n) is 11.2. The average Bonchev–Trinajstić information content (AvgIpc) is 2.76. The van der Waals surface area contributed by atoms with E-state index in [0.717, 1.165) is 4.90 Å². The van der Waals surface area contributed by atoms with Crippen molar-refractivity contribution in [1.29, 1.82) is 0 Å². The monoisotopic (exact) mass is 528 g/mol. The number of rotatable bonds is 19. The molecule has 0 aliphatic rings. The number of aliphatic carboxylic acids is 4. The minimum atomic E-state index is -1.24. The molecule has 0 saturated carbocycles. The number of carbonyl (C=O) groups is 5. The molecule has 0 atom stereocenters. The molecule has 0 radical (unpaired) electrons. The van der Waals surface area contributed by atoms with E-state index in [0.29, 0.717) is 12.0 Å². The number of phenols is 2. The van der Waals surface area contributed by atoms with Gasteiger partial charge in [0, 0.05) is 32.7 Å². The Morgan fingerprint density at radius 3 is 1.51 bits per heavy atom. The molecule has 1 aromatic rings. The van der Waals surface area contributed by atoms with E-state index in [2.05, 4.69) is 5.32 Å². The topological polar surface area (TPSA) is 228 Å². The Balaban J connectivity index is 2.67. The van der Waals surface area contributed by atoms with Crippen LogP contribution < -0.4 is 5.32 Å². The van der Waals surface area contributed by atoms with Crippen molar-refractivity contribution in [2.75, 3.05) is 65.4 Å². The molecule has 1 amide bonds. The summed E-state index contributed by atoms with van der Waals surface area (Å²) in [4.78, 5) is 60.5. The number of nitrogens with one attached hydrogen (secondary N) is 1. The van der Waals surface area contributed by atoms with Crippen molar-refractivity contribution in [1.82, 2.24) is 20.0 Å². The van der Waals surface area contributed by atoms with Gasteiger partial charge in [-0.3, -0.25) is 38.7 Å². The number of hydrogen-bond donors (Lipinski definition) is 7. The molecule has 0 bridgehead atoms. The predicted octanol–water partition coefficient (Wildman–Crippen LogP) is -2.00. The number of carbonyl (C=O) groups excluding carboxylic acids is 1. The summed E-state index contributed by atoms with van der Waals surface area (Å²) < 4.78 is 0. The Bertz CT molecular complexity index is 941. The number of carboxylic acid groups (broad SMARTS) is 4. The molecule has 0 unspecified atom stereocenters. The molecule has 0 aromatic heterocycles. The van der Waals surface area contributed by atoms with Crippen LogP contribution in [0.15, 0.2) is 18.2 Å². The van der Waals surface area contributed by atoms with E-state index in [1.54, 1.807) is 6.07 Å². The number of aromatic hydroxyl groups is 2. The lowest BCUT2D eigenvalue weighted by atomic mass is 10.1. The SMILES string of the molecule is O=C(O)CN(CCN(CC(=O)O)CC(=O)O)CCN(CC(=O)O)CC(=O)NCCc1ccc(O)c(O)c1. The number of carboxylic acids is 4. The highest BCUT2D eigenvalue weighted by Gasteiger charge is 2.19. The van der Waals surface area contributed by atoms with Gasteiger partial charge in [-0.1, -0.05) is 6.07 Å². The van der Waals surface area contributed by atoms with E-state index in [4.69, 9.17) is 10.2 Å². The third kappa shape index (κ3) is 14.3. The van der Waals surface area contributed by atoms with Gasteiger partial charge in [-0.05, 0) is 24.1 Å². The summed E-state index contributed by atoms with van der Waals surface area (Å²) in [5.74, 6) is -5.93. The first kappa shape index (κ1) is 31.1. The maximum atomic E-state index is 12.3. The van der Waals surface area contributed by atoms with Gasteiger partial charge in [0.2, 0.25) is 5.91 Å². The van der Waals surface area contributed by atoms with Gasteiger partial charge in [-0.2, -0.15) is 0 Å². The quantitative estimate of drug-likeness (QED) is 0.0964. The number of benzene rings is 1. The lowest BCUT2D eigenvalue weighted by Crippen LogP contribution is -2.46. The molecular weight excluding hydrogens is 496 g/mol. The highest BCUT2D eigenvalue weighted by atomic mass is 16.4. The molecule has 1 rings (SSSR count). The first-order chi connectivity index (χ1) is 17.3. The zero-order valence-corrected chi connectivity index (χ0v) is 20.1. The van der Waals surface area contributed by atoms with Gasteiger partial charge >= 0.3 is 23.9 Å². The molecule has 0 aliphatic heterocycles. The third-order valence-electron chi connectivity index (χ3n) is 5.04. The number of nitrogens with zero attached hydrogens (tertiary/aromatic N) is 3. The van der Waals surface area contributed by atoms with Crippen molar-refractivity contribution in [3.63, 3.8) is 0 Å². The van der Waals surface area contributed by atoms with Crippen molar-refractivity contribution in [2.24, 2.45) is 0 Å². The lowest BCUT2D eigenvalue weighted by Gasteiger charge is -2.27. The van der Waals surface area contributed by atoms with Gasteiger partial charge in [-0.15, -0.1) is 0 Å². The summed E-state index contributed by atoms with van der Waals surface area (Å²) in [6, 6.07) is 4.23. The van der Waals surface area contributed by atoms with E-state index in [1.165, 1.54) is 21.9 Å². The van der Waals surface area contributed by atoms with E-state index >= 15 is 0 Å². The molecule has 1 aromatic carbocycles. The van der Waals surface area contributed by atoms with Gasteiger partial charge < -0.3 is 36.0 Å². The Labute approximate surface area is 212 Å². The zero-order valence-electron chi connectivity index (χ0n) is 20.1. The first-order valence-corrected chi connectivity index (χ1v) is 11.2. The van der Waals surface area contributed by atoms with Crippen molar-refractivity contribution in [3.05, 3.63) is 23.8 Å². The van der Waals surface area contributed by atoms with E-state index in [-0.39, 0.29) is 50.8 Å². The van der Waals surface area contributed by atoms with Crippen LogP contribution in [0.2, 0.25) is 0 Å². The van der Waals surface area contributed by atoms with Crippen LogP contribution >= 0.6 is 0 Å². The fourth-order valence-corrected chi connectivity index (χ4v) is 3.36. The number of amides is 1. The van der Waals surface area contributed by atoms with Crippen LogP contribution in [0.25, 0.3) is 0 Å². The van der Waals surface area contributed by atoms with Crippen LogP contribution in [0.1, 0.15) is 5.56 Å². The molecule has 0 aliphatic carbocycles. The third-order valence-corrected chi connectivity index (χ3v) is 5.04. The van der Waals surface area contributed by atoms with E-state index in [9.17, 15) is 44.4 Å². The molecule has 0 heterocycles. The van der Waals surface area contributed by atoms with Crippen molar-refractivity contribution >= 4 is 29.8 Å². The summed E-state index contributed by atoms with van der Waals surface area (Å²) in [5.41, 5.74) is 0.655. The average molecular weight is 529 g/mol. The maximum Gasteiger partial charge on any atom is 0.317 e. The molecule has 206 valence electrons. The van der Waals surface area contributed by atoms with Crippen molar-refractivity contribution < 1.29 is 54.6 Å². The standard InChI is InChI=1S/C22H32N4O11/c27-16-2-1-15(9-17(16)28)3-4-23-18(29)10-25(12-20(32)33)7-5-24(11-19(30)31)6-8-26(13-21(34)35)14-22(36)37/h1-2,9,27-28H,3-8,10-14H2,(H,23,29)(H,30,31)(H,32,33)(H,34,35)(H,36,37). The van der Waals surface area contributed by atoms with Crippen LogP contribution in [0.3, 0.4) is 0 Å². The Morgan fingerprint density at radius 2 is 1.05 bits per heavy atom. The Morgan fingerprint density at radius 1 is 0.622 bits per heavy atom. The van der Waals surface area contributed by atoms with Crippen LogP contribution in [-0.2, 0) is 30.4 Å². The van der Waals surface area contributed by atoms with Crippen LogP contribution in [0.5, 0.6) is 11.5 Å². The second-order valence-corrected chi connectivity index (χ2v) is 8.20. The van der Waals surface area contributed by atoms with Gasteiger partial charge in [0.05, 0.1) is 32.7 Å². The highest BCUT2D eigenvalue weighted by molar-refractivity contribution is 5.79. The second kappa shape index (κ2) is 15.9. The summed E-state index contributed by atoms with van der Waals surface area (Å²) >= 11 is 0. The molecule has 0 spiro atoms. The molecule has 15 heteroatoms. The summed E-state index contributed by atoms with van der Waals surface area (Å²) in [7, 11) is 0.